The zero-order valence-electron chi connectivity index (χ0n) is 12.8. The Morgan fingerprint density at radius 3 is 2.95 bits per heavy atom. The predicted molar refractivity (Wildman–Crippen MR) is 82.7 cm³/mol. The highest BCUT2D eigenvalue weighted by atomic mass is 16.5. The van der Waals surface area contributed by atoms with Crippen molar-refractivity contribution >= 4 is 11.6 Å². The van der Waals surface area contributed by atoms with E-state index in [0.717, 1.165) is 31.7 Å². The van der Waals surface area contributed by atoms with Crippen LogP contribution in [0.5, 0.6) is 5.75 Å². The SMILES string of the molecule is CCOc1ccccc1NC(=O)CCN1CC[C@H](OC)C1. The van der Waals surface area contributed by atoms with Crippen LogP contribution in [0, 0.1) is 0 Å². The Hall–Kier alpha value is -1.59. The number of amides is 1. The van der Waals surface area contributed by atoms with Crippen molar-refractivity contribution in [1.82, 2.24) is 4.90 Å². The van der Waals surface area contributed by atoms with Crippen molar-refractivity contribution in [2.45, 2.75) is 25.9 Å². The van der Waals surface area contributed by atoms with Gasteiger partial charge in [0.25, 0.3) is 0 Å². The van der Waals surface area contributed by atoms with Gasteiger partial charge in [0.05, 0.1) is 18.4 Å². The van der Waals surface area contributed by atoms with E-state index in [9.17, 15) is 4.79 Å². The molecule has 1 heterocycles. The normalized spacial score (nSPS) is 18.7. The second kappa shape index (κ2) is 8.00. The molecule has 1 fully saturated rings. The lowest BCUT2D eigenvalue weighted by molar-refractivity contribution is -0.116. The number of para-hydroxylation sites is 2. The number of anilines is 1. The third-order valence-electron chi connectivity index (χ3n) is 3.68. The van der Waals surface area contributed by atoms with Crippen LogP contribution in [-0.4, -0.2) is 50.3 Å². The average molecular weight is 292 g/mol. The first-order valence-corrected chi connectivity index (χ1v) is 7.49. The van der Waals surface area contributed by atoms with Gasteiger partial charge in [-0.3, -0.25) is 4.79 Å². The van der Waals surface area contributed by atoms with Crippen LogP contribution in [0.15, 0.2) is 24.3 Å². The molecule has 0 radical (unpaired) electrons. The number of rotatable bonds is 7. The van der Waals surface area contributed by atoms with Crippen LogP contribution in [0.4, 0.5) is 5.69 Å². The summed E-state index contributed by atoms with van der Waals surface area (Å²) in [5.74, 6) is 0.733. The smallest absolute Gasteiger partial charge is 0.225 e. The third kappa shape index (κ3) is 4.72. The molecular formula is C16H24N2O3. The topological polar surface area (TPSA) is 50.8 Å². The van der Waals surface area contributed by atoms with Gasteiger partial charge < -0.3 is 19.7 Å². The van der Waals surface area contributed by atoms with Crippen LogP contribution in [0.3, 0.4) is 0 Å². The van der Waals surface area contributed by atoms with Gasteiger partial charge in [-0.05, 0) is 25.5 Å². The summed E-state index contributed by atoms with van der Waals surface area (Å²) in [5.41, 5.74) is 0.737. The molecule has 1 atom stereocenters. The molecule has 116 valence electrons. The zero-order valence-corrected chi connectivity index (χ0v) is 12.8. The van der Waals surface area contributed by atoms with Crippen LogP contribution in [0.25, 0.3) is 0 Å². The van der Waals surface area contributed by atoms with Gasteiger partial charge in [-0.15, -0.1) is 0 Å². The molecule has 1 amide bonds. The molecule has 1 aliphatic rings. The number of hydrogen-bond acceptors (Lipinski definition) is 4. The summed E-state index contributed by atoms with van der Waals surface area (Å²) in [6.07, 6.45) is 1.84. The van der Waals surface area contributed by atoms with Gasteiger partial charge in [-0.25, -0.2) is 0 Å². The Balaban J connectivity index is 1.79. The Morgan fingerprint density at radius 1 is 1.43 bits per heavy atom. The highest BCUT2D eigenvalue weighted by Gasteiger charge is 2.22. The molecule has 1 saturated heterocycles. The lowest BCUT2D eigenvalue weighted by atomic mass is 10.2. The largest absolute Gasteiger partial charge is 0.492 e. The summed E-state index contributed by atoms with van der Waals surface area (Å²) in [5, 5.41) is 2.92. The number of hydrogen-bond donors (Lipinski definition) is 1. The van der Waals surface area contributed by atoms with E-state index in [0.29, 0.717) is 24.9 Å². The molecule has 0 aromatic heterocycles. The second-order valence-corrected chi connectivity index (χ2v) is 5.17. The standard InChI is InChI=1S/C16H24N2O3/c1-3-21-15-7-5-4-6-14(15)17-16(19)9-11-18-10-8-13(12-18)20-2/h4-7,13H,3,8-12H2,1-2H3,(H,17,19)/t13-/m0/s1. The number of likely N-dealkylation sites (tertiary alicyclic amines) is 1. The summed E-state index contributed by atoms with van der Waals surface area (Å²) in [6.45, 7) is 5.19. The lowest BCUT2D eigenvalue weighted by Crippen LogP contribution is -2.27. The third-order valence-corrected chi connectivity index (χ3v) is 3.68. The van der Waals surface area contributed by atoms with Crippen molar-refractivity contribution in [2.75, 3.05) is 38.7 Å². The Kier molecular flexibility index (Phi) is 6.02. The van der Waals surface area contributed by atoms with Crippen molar-refractivity contribution in [3.63, 3.8) is 0 Å². The highest BCUT2D eigenvalue weighted by Crippen LogP contribution is 2.23. The molecule has 2 rings (SSSR count). The van der Waals surface area contributed by atoms with Crippen LogP contribution in [0.2, 0.25) is 0 Å². The second-order valence-electron chi connectivity index (χ2n) is 5.17. The van der Waals surface area contributed by atoms with Gasteiger partial charge >= 0.3 is 0 Å². The molecule has 0 unspecified atom stereocenters. The molecule has 0 aliphatic carbocycles. The molecular weight excluding hydrogens is 268 g/mol. The minimum atomic E-state index is 0.0167. The maximum absolute atomic E-state index is 12.1. The van der Waals surface area contributed by atoms with Crippen molar-refractivity contribution in [1.29, 1.82) is 0 Å². The maximum Gasteiger partial charge on any atom is 0.225 e. The highest BCUT2D eigenvalue weighted by molar-refractivity contribution is 5.92. The summed E-state index contributed by atoms with van der Waals surface area (Å²) in [7, 11) is 1.74. The molecule has 21 heavy (non-hydrogen) atoms. The lowest BCUT2D eigenvalue weighted by Gasteiger charge is -2.16. The molecule has 5 heteroatoms. The minimum absolute atomic E-state index is 0.0167. The average Bonchev–Trinajstić information content (AvgIpc) is 2.95. The van der Waals surface area contributed by atoms with Crippen molar-refractivity contribution in [3.8, 4) is 5.75 Å². The fourth-order valence-electron chi connectivity index (χ4n) is 2.52. The van der Waals surface area contributed by atoms with Crippen LogP contribution >= 0.6 is 0 Å². The summed E-state index contributed by atoms with van der Waals surface area (Å²) >= 11 is 0. The summed E-state index contributed by atoms with van der Waals surface area (Å²) in [4.78, 5) is 14.3. The number of ether oxygens (including phenoxy) is 2. The van der Waals surface area contributed by atoms with Gasteiger partial charge in [-0.1, -0.05) is 12.1 Å². The van der Waals surface area contributed by atoms with Crippen LogP contribution < -0.4 is 10.1 Å². The first kappa shape index (κ1) is 15.8. The number of nitrogens with zero attached hydrogens (tertiary/aromatic N) is 1. The number of carbonyl (C=O) groups is 1. The first-order valence-electron chi connectivity index (χ1n) is 7.49. The first-order chi connectivity index (χ1) is 10.2. The Bertz CT molecular complexity index is 465. The molecule has 0 saturated carbocycles. The molecule has 1 aliphatic heterocycles. The van der Waals surface area contributed by atoms with Gasteiger partial charge in [0.15, 0.2) is 0 Å². The van der Waals surface area contributed by atoms with Crippen molar-refractivity contribution < 1.29 is 14.3 Å². The predicted octanol–water partition coefficient (Wildman–Crippen LogP) is 2.13. The van der Waals surface area contributed by atoms with Gasteiger partial charge in [0.1, 0.15) is 5.75 Å². The summed E-state index contributed by atoms with van der Waals surface area (Å²) < 4.78 is 10.8. The van der Waals surface area contributed by atoms with E-state index in [1.54, 1.807) is 7.11 Å². The van der Waals surface area contributed by atoms with Gasteiger partial charge in [0.2, 0.25) is 5.91 Å². The van der Waals surface area contributed by atoms with Gasteiger partial charge in [0, 0.05) is 33.2 Å². The molecule has 5 nitrogen and oxygen atoms in total. The van der Waals surface area contributed by atoms with Gasteiger partial charge in [-0.2, -0.15) is 0 Å². The van der Waals surface area contributed by atoms with Crippen LogP contribution in [-0.2, 0) is 9.53 Å². The quantitative estimate of drug-likeness (QED) is 0.836. The monoisotopic (exact) mass is 292 g/mol. The van der Waals surface area contributed by atoms with E-state index in [1.807, 2.05) is 31.2 Å². The maximum atomic E-state index is 12.1. The zero-order chi connectivity index (χ0) is 15.1. The molecule has 0 bridgehead atoms. The molecule has 1 aromatic rings. The van der Waals surface area contributed by atoms with E-state index in [-0.39, 0.29) is 5.91 Å². The van der Waals surface area contributed by atoms with E-state index in [2.05, 4.69) is 10.2 Å². The van der Waals surface area contributed by atoms with E-state index in [4.69, 9.17) is 9.47 Å². The molecule has 1 N–H and O–H groups in total. The number of nitrogens with one attached hydrogen (secondary N) is 1. The van der Waals surface area contributed by atoms with E-state index in [1.165, 1.54) is 0 Å². The Labute approximate surface area is 126 Å². The molecule has 1 aromatic carbocycles. The number of carbonyl (C=O) groups excluding carboxylic acids is 1. The summed E-state index contributed by atoms with van der Waals surface area (Å²) in [6, 6.07) is 7.51. The van der Waals surface area contributed by atoms with Crippen molar-refractivity contribution in [3.05, 3.63) is 24.3 Å². The minimum Gasteiger partial charge on any atom is -0.492 e. The fourth-order valence-corrected chi connectivity index (χ4v) is 2.52. The molecule has 0 spiro atoms. The van der Waals surface area contributed by atoms with Crippen LogP contribution in [0.1, 0.15) is 19.8 Å². The van der Waals surface area contributed by atoms with Crippen molar-refractivity contribution in [2.24, 2.45) is 0 Å². The fraction of sp³-hybridized carbons (Fsp3) is 0.562. The number of benzene rings is 1. The Morgan fingerprint density at radius 2 is 2.24 bits per heavy atom. The van der Waals surface area contributed by atoms with E-state index >= 15 is 0 Å². The number of methoxy groups -OCH3 is 1. The van der Waals surface area contributed by atoms with E-state index < -0.39 is 0 Å².